The third-order valence-electron chi connectivity index (χ3n) is 4.82. The van der Waals surface area contributed by atoms with Gasteiger partial charge in [0, 0.05) is 29.5 Å². The maximum Gasteiger partial charge on any atom is 0.416 e. The molecule has 30 heavy (non-hydrogen) atoms. The highest BCUT2D eigenvalue weighted by atomic mass is 35.5. The maximum absolute atomic E-state index is 12.7. The van der Waals surface area contributed by atoms with Crippen molar-refractivity contribution in [3.63, 3.8) is 0 Å². The van der Waals surface area contributed by atoms with Crippen LogP contribution >= 0.6 is 11.6 Å². The van der Waals surface area contributed by atoms with Gasteiger partial charge < -0.3 is 14.2 Å². The Hall–Kier alpha value is -3.07. The zero-order valence-corrected chi connectivity index (χ0v) is 16.4. The van der Waals surface area contributed by atoms with Crippen molar-refractivity contribution in [2.24, 2.45) is 0 Å². The number of methoxy groups -OCH3 is 1. The van der Waals surface area contributed by atoms with Crippen LogP contribution in [0.15, 0.2) is 47.0 Å². The smallest absolute Gasteiger partial charge is 0.416 e. The molecule has 0 N–H and O–H groups in total. The fourth-order valence-corrected chi connectivity index (χ4v) is 3.47. The standard InChI is InChI=1S/C20H15ClF3N3O3/c1-29-16-7-6-14(21)9-15(16)27-10-12(8-17(27)28)18-25-19(30-26-18)11-2-4-13(5-3-11)20(22,23)24/h2-7,9,12H,8,10H2,1H3. The Morgan fingerprint density at radius 2 is 1.93 bits per heavy atom. The summed E-state index contributed by atoms with van der Waals surface area (Å²) in [5.74, 6) is 0.410. The van der Waals surface area contributed by atoms with Gasteiger partial charge in [-0.2, -0.15) is 18.2 Å². The van der Waals surface area contributed by atoms with Crippen LogP contribution in [0, 0.1) is 0 Å². The molecule has 6 nitrogen and oxygen atoms in total. The topological polar surface area (TPSA) is 68.5 Å². The molecule has 1 saturated heterocycles. The van der Waals surface area contributed by atoms with Crippen molar-refractivity contribution in [1.29, 1.82) is 0 Å². The molecule has 1 fully saturated rings. The quantitative estimate of drug-likeness (QED) is 0.578. The molecule has 1 aromatic heterocycles. The van der Waals surface area contributed by atoms with Gasteiger partial charge in [-0.1, -0.05) is 16.8 Å². The van der Waals surface area contributed by atoms with Crippen molar-refractivity contribution in [2.45, 2.75) is 18.5 Å². The summed E-state index contributed by atoms with van der Waals surface area (Å²) in [5.41, 5.74) is 0.141. The molecule has 1 aliphatic rings. The number of nitrogens with zero attached hydrogens (tertiary/aromatic N) is 3. The van der Waals surface area contributed by atoms with Gasteiger partial charge in [0.1, 0.15) is 5.75 Å². The zero-order valence-electron chi connectivity index (χ0n) is 15.6. The predicted molar refractivity (Wildman–Crippen MR) is 102 cm³/mol. The minimum Gasteiger partial charge on any atom is -0.495 e. The second-order valence-corrected chi connectivity index (χ2v) is 7.19. The maximum atomic E-state index is 12.7. The van der Waals surface area contributed by atoms with E-state index in [0.29, 0.717) is 34.4 Å². The van der Waals surface area contributed by atoms with Gasteiger partial charge in [-0.3, -0.25) is 4.79 Å². The number of halogens is 4. The van der Waals surface area contributed by atoms with E-state index in [9.17, 15) is 18.0 Å². The number of amides is 1. The summed E-state index contributed by atoms with van der Waals surface area (Å²) in [4.78, 5) is 18.4. The molecule has 2 aromatic carbocycles. The number of hydrogen-bond donors (Lipinski definition) is 0. The second kappa shape index (κ2) is 7.64. The van der Waals surface area contributed by atoms with E-state index in [0.717, 1.165) is 12.1 Å². The van der Waals surface area contributed by atoms with Crippen LogP contribution in [-0.2, 0) is 11.0 Å². The number of ether oxygens (including phenoxy) is 1. The van der Waals surface area contributed by atoms with Crippen molar-refractivity contribution in [2.75, 3.05) is 18.6 Å². The molecule has 1 amide bonds. The summed E-state index contributed by atoms with van der Waals surface area (Å²) >= 11 is 6.06. The highest BCUT2D eigenvalue weighted by molar-refractivity contribution is 6.31. The third-order valence-corrected chi connectivity index (χ3v) is 5.06. The van der Waals surface area contributed by atoms with E-state index in [1.54, 1.807) is 23.1 Å². The number of aromatic nitrogens is 2. The van der Waals surface area contributed by atoms with Crippen LogP contribution in [0.4, 0.5) is 18.9 Å². The van der Waals surface area contributed by atoms with Crippen LogP contribution in [0.2, 0.25) is 5.02 Å². The first kappa shape index (κ1) is 20.2. The van der Waals surface area contributed by atoms with Crippen LogP contribution in [0.25, 0.3) is 11.5 Å². The number of anilines is 1. The summed E-state index contributed by atoms with van der Waals surface area (Å²) in [6.07, 6.45) is -4.27. The second-order valence-electron chi connectivity index (χ2n) is 6.75. The Labute approximate surface area is 174 Å². The van der Waals surface area contributed by atoms with Gasteiger partial charge in [0.15, 0.2) is 5.82 Å². The lowest BCUT2D eigenvalue weighted by molar-refractivity contribution is -0.137. The van der Waals surface area contributed by atoms with Crippen LogP contribution in [0.5, 0.6) is 5.75 Å². The van der Waals surface area contributed by atoms with Crippen molar-refractivity contribution in [1.82, 2.24) is 10.1 Å². The third kappa shape index (κ3) is 3.85. The zero-order chi connectivity index (χ0) is 21.5. The van der Waals surface area contributed by atoms with Crippen LogP contribution in [-0.4, -0.2) is 29.7 Å². The molecule has 1 unspecified atom stereocenters. The monoisotopic (exact) mass is 437 g/mol. The van der Waals surface area contributed by atoms with E-state index in [1.165, 1.54) is 19.2 Å². The first-order valence-electron chi connectivity index (χ1n) is 8.91. The minimum absolute atomic E-state index is 0.0879. The lowest BCUT2D eigenvalue weighted by atomic mass is 10.1. The summed E-state index contributed by atoms with van der Waals surface area (Å²) in [5, 5.41) is 4.39. The molecule has 0 bridgehead atoms. The largest absolute Gasteiger partial charge is 0.495 e. The van der Waals surface area contributed by atoms with Gasteiger partial charge in [-0.25, -0.2) is 0 Å². The van der Waals surface area contributed by atoms with Crippen LogP contribution < -0.4 is 9.64 Å². The predicted octanol–water partition coefficient (Wildman–Crippen LogP) is 4.94. The molecule has 0 spiro atoms. The highest BCUT2D eigenvalue weighted by Crippen LogP contribution is 2.38. The molecule has 4 rings (SSSR count). The minimum atomic E-state index is -4.42. The van der Waals surface area contributed by atoms with Crippen molar-refractivity contribution >= 4 is 23.2 Å². The van der Waals surface area contributed by atoms with Gasteiger partial charge in [-0.05, 0) is 42.5 Å². The molecule has 1 aliphatic heterocycles. The molecule has 0 radical (unpaired) electrons. The Balaban J connectivity index is 1.55. The van der Waals surface area contributed by atoms with Crippen molar-refractivity contribution in [3.8, 4) is 17.2 Å². The Bertz CT molecular complexity index is 1080. The molecule has 3 aromatic rings. The number of rotatable bonds is 4. The fraction of sp³-hybridized carbons (Fsp3) is 0.250. The van der Waals surface area contributed by atoms with Crippen LogP contribution in [0.1, 0.15) is 23.7 Å². The lowest BCUT2D eigenvalue weighted by Gasteiger charge is -2.19. The normalized spacial score (nSPS) is 16.9. The molecule has 10 heteroatoms. The molecule has 156 valence electrons. The molecule has 0 saturated carbocycles. The van der Waals surface area contributed by atoms with Gasteiger partial charge >= 0.3 is 6.18 Å². The van der Waals surface area contributed by atoms with Gasteiger partial charge in [-0.15, -0.1) is 0 Å². The summed E-state index contributed by atoms with van der Waals surface area (Å²) in [7, 11) is 1.50. The number of hydrogen-bond acceptors (Lipinski definition) is 5. The van der Waals surface area contributed by atoms with E-state index in [2.05, 4.69) is 10.1 Å². The van der Waals surface area contributed by atoms with Gasteiger partial charge in [0.05, 0.1) is 18.4 Å². The average molecular weight is 438 g/mol. The van der Waals surface area contributed by atoms with Crippen LogP contribution in [0.3, 0.4) is 0 Å². The van der Waals surface area contributed by atoms with E-state index < -0.39 is 11.7 Å². The number of carbonyl (C=O) groups excluding carboxylic acids is 1. The van der Waals surface area contributed by atoms with Crippen molar-refractivity contribution in [3.05, 3.63) is 58.9 Å². The van der Waals surface area contributed by atoms with Gasteiger partial charge in [0.25, 0.3) is 5.89 Å². The first-order valence-corrected chi connectivity index (χ1v) is 9.29. The Morgan fingerprint density at radius 1 is 1.20 bits per heavy atom. The Kier molecular flexibility index (Phi) is 5.15. The molecular weight excluding hydrogens is 423 g/mol. The summed E-state index contributed by atoms with van der Waals surface area (Å²) < 4.78 is 48.7. The molecule has 2 heterocycles. The summed E-state index contributed by atoms with van der Waals surface area (Å²) in [6.45, 7) is 0.293. The van der Waals surface area contributed by atoms with E-state index in [-0.39, 0.29) is 24.1 Å². The average Bonchev–Trinajstić information content (AvgIpc) is 3.34. The first-order chi connectivity index (χ1) is 14.3. The fourth-order valence-electron chi connectivity index (χ4n) is 3.31. The highest BCUT2D eigenvalue weighted by Gasteiger charge is 2.36. The molecule has 0 aliphatic carbocycles. The van der Waals surface area contributed by atoms with Crippen molar-refractivity contribution < 1.29 is 27.2 Å². The van der Waals surface area contributed by atoms with E-state index in [4.69, 9.17) is 20.9 Å². The summed E-state index contributed by atoms with van der Waals surface area (Å²) in [6, 6.07) is 9.42. The molecular formula is C20H15ClF3N3O3. The SMILES string of the molecule is COc1ccc(Cl)cc1N1CC(c2noc(-c3ccc(C(F)(F)F)cc3)n2)CC1=O. The van der Waals surface area contributed by atoms with E-state index in [1.807, 2.05) is 0 Å². The number of benzene rings is 2. The van der Waals surface area contributed by atoms with E-state index >= 15 is 0 Å². The number of alkyl halides is 3. The Morgan fingerprint density at radius 3 is 2.60 bits per heavy atom. The molecule has 1 atom stereocenters. The number of carbonyl (C=O) groups is 1. The lowest BCUT2D eigenvalue weighted by Crippen LogP contribution is -2.24. The van der Waals surface area contributed by atoms with Gasteiger partial charge in [0.2, 0.25) is 5.91 Å².